The standard InChI is InChI=1S/C27H34N4O2/c1-4-17-30(27(33)28-24-15-13-22(5-2)14-16-24)21-26(32)31(19-23-10-7-6-8-11-23)20-25-12-9-18-29(25)3/h6-16,18H,4-5,17,19-21H2,1-3H3,(H,28,33). The molecule has 1 heterocycles. The molecule has 1 N–H and O–H groups in total. The molecule has 0 aliphatic heterocycles. The van der Waals surface area contributed by atoms with Crippen molar-refractivity contribution in [2.75, 3.05) is 18.4 Å². The molecular weight excluding hydrogens is 412 g/mol. The normalized spacial score (nSPS) is 10.6. The summed E-state index contributed by atoms with van der Waals surface area (Å²) >= 11 is 0. The fraction of sp³-hybridized carbons (Fsp3) is 0.333. The van der Waals surface area contributed by atoms with Crippen molar-refractivity contribution in [3.8, 4) is 0 Å². The molecular formula is C27H34N4O2. The monoisotopic (exact) mass is 446 g/mol. The van der Waals surface area contributed by atoms with Crippen LogP contribution in [-0.4, -0.2) is 39.4 Å². The first-order valence-electron chi connectivity index (χ1n) is 11.6. The van der Waals surface area contributed by atoms with Gasteiger partial charge in [0.25, 0.3) is 0 Å². The van der Waals surface area contributed by atoms with Gasteiger partial charge in [-0.15, -0.1) is 0 Å². The molecule has 3 aromatic rings. The lowest BCUT2D eigenvalue weighted by Crippen LogP contribution is -2.44. The summed E-state index contributed by atoms with van der Waals surface area (Å²) in [6.45, 7) is 5.62. The Morgan fingerprint density at radius 2 is 1.58 bits per heavy atom. The van der Waals surface area contributed by atoms with Crippen molar-refractivity contribution in [3.63, 3.8) is 0 Å². The zero-order valence-electron chi connectivity index (χ0n) is 19.8. The fourth-order valence-corrected chi connectivity index (χ4v) is 3.70. The van der Waals surface area contributed by atoms with Crippen molar-refractivity contribution >= 4 is 17.6 Å². The van der Waals surface area contributed by atoms with E-state index in [9.17, 15) is 9.59 Å². The molecule has 6 heteroatoms. The average molecular weight is 447 g/mol. The molecule has 0 aliphatic carbocycles. The molecule has 3 rings (SSSR count). The van der Waals surface area contributed by atoms with Crippen LogP contribution in [0.2, 0.25) is 0 Å². The van der Waals surface area contributed by atoms with E-state index >= 15 is 0 Å². The smallest absolute Gasteiger partial charge is 0.322 e. The van der Waals surface area contributed by atoms with E-state index in [1.54, 1.807) is 4.90 Å². The summed E-state index contributed by atoms with van der Waals surface area (Å²) < 4.78 is 2.02. The van der Waals surface area contributed by atoms with Crippen LogP contribution in [0.4, 0.5) is 10.5 Å². The van der Waals surface area contributed by atoms with E-state index in [0.717, 1.165) is 29.8 Å². The molecule has 0 saturated heterocycles. The van der Waals surface area contributed by atoms with E-state index in [1.165, 1.54) is 5.56 Å². The van der Waals surface area contributed by atoms with Gasteiger partial charge in [0.05, 0.1) is 6.54 Å². The van der Waals surface area contributed by atoms with Crippen LogP contribution in [0.3, 0.4) is 0 Å². The summed E-state index contributed by atoms with van der Waals surface area (Å²) in [7, 11) is 1.97. The van der Waals surface area contributed by atoms with Gasteiger partial charge in [0.15, 0.2) is 0 Å². The van der Waals surface area contributed by atoms with Crippen LogP contribution in [-0.2, 0) is 31.4 Å². The topological polar surface area (TPSA) is 57.6 Å². The zero-order valence-corrected chi connectivity index (χ0v) is 19.8. The highest BCUT2D eigenvalue weighted by Crippen LogP contribution is 2.14. The number of hydrogen-bond donors (Lipinski definition) is 1. The van der Waals surface area contributed by atoms with Gasteiger partial charge in [0, 0.05) is 37.7 Å². The number of benzene rings is 2. The summed E-state index contributed by atoms with van der Waals surface area (Å²) in [5.74, 6) is -0.0787. The largest absolute Gasteiger partial charge is 0.353 e. The van der Waals surface area contributed by atoms with Crippen LogP contribution in [0.25, 0.3) is 0 Å². The lowest BCUT2D eigenvalue weighted by Gasteiger charge is -2.28. The van der Waals surface area contributed by atoms with Crippen molar-refractivity contribution in [2.45, 2.75) is 39.8 Å². The first-order valence-corrected chi connectivity index (χ1v) is 11.6. The fourth-order valence-electron chi connectivity index (χ4n) is 3.70. The predicted molar refractivity (Wildman–Crippen MR) is 133 cm³/mol. The van der Waals surface area contributed by atoms with Crippen molar-refractivity contribution in [1.29, 1.82) is 0 Å². The molecule has 0 aliphatic rings. The first kappa shape index (κ1) is 24.1. The number of nitrogens with zero attached hydrogens (tertiary/aromatic N) is 3. The minimum absolute atomic E-state index is 0.0317. The second-order valence-corrected chi connectivity index (χ2v) is 8.25. The second kappa shape index (κ2) is 11.9. The minimum Gasteiger partial charge on any atom is -0.353 e. The number of anilines is 1. The summed E-state index contributed by atoms with van der Waals surface area (Å²) in [6.07, 6.45) is 3.69. The summed E-state index contributed by atoms with van der Waals surface area (Å²) in [5.41, 5.74) is 4.05. The Balaban J connectivity index is 1.73. The van der Waals surface area contributed by atoms with Gasteiger partial charge in [-0.3, -0.25) is 4.79 Å². The number of nitrogens with one attached hydrogen (secondary N) is 1. The SMILES string of the molecule is CCCN(CC(=O)N(Cc1ccccc1)Cc1cccn1C)C(=O)Nc1ccc(CC)cc1. The number of urea groups is 1. The minimum atomic E-state index is -0.257. The van der Waals surface area contributed by atoms with Crippen LogP contribution < -0.4 is 5.32 Å². The van der Waals surface area contributed by atoms with Crippen LogP contribution >= 0.6 is 0 Å². The van der Waals surface area contributed by atoms with E-state index in [0.29, 0.717) is 19.6 Å². The molecule has 33 heavy (non-hydrogen) atoms. The Bertz CT molecular complexity index is 1030. The number of aromatic nitrogens is 1. The Morgan fingerprint density at radius 1 is 0.848 bits per heavy atom. The van der Waals surface area contributed by atoms with Gasteiger partial charge >= 0.3 is 6.03 Å². The predicted octanol–water partition coefficient (Wildman–Crippen LogP) is 5.06. The maximum absolute atomic E-state index is 13.4. The molecule has 2 aromatic carbocycles. The Labute approximate surface area is 196 Å². The summed E-state index contributed by atoms with van der Waals surface area (Å²) in [6, 6.07) is 21.5. The highest BCUT2D eigenvalue weighted by molar-refractivity contribution is 5.92. The van der Waals surface area contributed by atoms with Crippen molar-refractivity contribution in [2.24, 2.45) is 7.05 Å². The highest BCUT2D eigenvalue weighted by atomic mass is 16.2. The van der Waals surface area contributed by atoms with E-state index in [2.05, 4.69) is 12.2 Å². The maximum Gasteiger partial charge on any atom is 0.322 e. The van der Waals surface area contributed by atoms with E-state index in [4.69, 9.17) is 0 Å². The number of amides is 3. The lowest BCUT2D eigenvalue weighted by molar-refractivity contribution is -0.133. The van der Waals surface area contributed by atoms with Gasteiger partial charge in [-0.1, -0.05) is 56.3 Å². The van der Waals surface area contributed by atoms with Gasteiger partial charge < -0.3 is 19.7 Å². The van der Waals surface area contributed by atoms with E-state index in [1.807, 2.05) is 96.4 Å². The van der Waals surface area contributed by atoms with Crippen molar-refractivity contribution < 1.29 is 9.59 Å². The Kier molecular flexibility index (Phi) is 8.70. The molecule has 1 aromatic heterocycles. The molecule has 0 atom stereocenters. The first-order chi connectivity index (χ1) is 16.0. The van der Waals surface area contributed by atoms with Gasteiger partial charge in [0.1, 0.15) is 6.54 Å². The van der Waals surface area contributed by atoms with Crippen LogP contribution in [0.15, 0.2) is 72.9 Å². The highest BCUT2D eigenvalue weighted by Gasteiger charge is 2.22. The second-order valence-electron chi connectivity index (χ2n) is 8.25. The number of carbonyl (C=O) groups excluding carboxylic acids is 2. The molecule has 174 valence electrons. The molecule has 6 nitrogen and oxygen atoms in total. The quantitative estimate of drug-likeness (QED) is 0.473. The zero-order chi connectivity index (χ0) is 23.6. The summed E-state index contributed by atoms with van der Waals surface area (Å²) in [4.78, 5) is 29.8. The maximum atomic E-state index is 13.4. The van der Waals surface area contributed by atoms with Gasteiger partial charge in [-0.05, 0) is 48.2 Å². The van der Waals surface area contributed by atoms with Crippen LogP contribution in [0.1, 0.15) is 37.1 Å². The Hall–Kier alpha value is -3.54. The van der Waals surface area contributed by atoms with Gasteiger partial charge in [0.2, 0.25) is 5.91 Å². The van der Waals surface area contributed by atoms with Gasteiger partial charge in [-0.2, -0.15) is 0 Å². The Morgan fingerprint density at radius 3 is 2.18 bits per heavy atom. The average Bonchev–Trinajstić information content (AvgIpc) is 3.23. The molecule has 0 unspecified atom stereocenters. The van der Waals surface area contributed by atoms with Crippen molar-refractivity contribution in [3.05, 3.63) is 89.7 Å². The third-order valence-corrected chi connectivity index (χ3v) is 5.69. The molecule has 0 fully saturated rings. The molecule has 0 radical (unpaired) electrons. The van der Waals surface area contributed by atoms with Crippen LogP contribution in [0, 0.1) is 0 Å². The molecule has 0 bridgehead atoms. The third-order valence-electron chi connectivity index (χ3n) is 5.69. The number of aryl methyl sites for hydroxylation is 2. The molecule has 0 saturated carbocycles. The van der Waals surface area contributed by atoms with E-state index in [-0.39, 0.29) is 18.5 Å². The molecule has 3 amide bonds. The lowest BCUT2D eigenvalue weighted by atomic mass is 10.1. The number of carbonyl (C=O) groups is 2. The van der Waals surface area contributed by atoms with E-state index < -0.39 is 0 Å². The third kappa shape index (κ3) is 6.97. The van der Waals surface area contributed by atoms with Crippen molar-refractivity contribution in [1.82, 2.24) is 14.4 Å². The number of hydrogen-bond acceptors (Lipinski definition) is 2. The number of rotatable bonds is 10. The summed E-state index contributed by atoms with van der Waals surface area (Å²) in [5, 5.41) is 2.94. The van der Waals surface area contributed by atoms with Gasteiger partial charge in [-0.25, -0.2) is 4.79 Å². The molecule has 0 spiro atoms. The van der Waals surface area contributed by atoms with Crippen LogP contribution in [0.5, 0.6) is 0 Å².